The van der Waals surface area contributed by atoms with Gasteiger partial charge in [0.2, 0.25) is 17.8 Å². The number of amides is 2. The number of nitrogens with one attached hydrogen (secondary N) is 12. The summed E-state index contributed by atoms with van der Waals surface area (Å²) in [5, 5.41) is 47.0. The van der Waals surface area contributed by atoms with Gasteiger partial charge in [0.1, 0.15) is 34.0 Å². The molecule has 0 saturated heterocycles. The molecule has 0 unspecified atom stereocenters. The second-order valence-electron chi connectivity index (χ2n) is 34.5. The normalized spacial score (nSPS) is 11.4. The Labute approximate surface area is 803 Å². The first-order valence-electron chi connectivity index (χ1n) is 45.3. The predicted molar refractivity (Wildman–Crippen MR) is 546 cm³/mol. The van der Waals surface area contributed by atoms with E-state index in [0.29, 0.717) is 80.9 Å². The average Bonchev–Trinajstić information content (AvgIpc) is 1.59. The summed E-state index contributed by atoms with van der Waals surface area (Å²) < 4.78 is 1.98. The molecule has 38 nitrogen and oxygen atoms in total. The number of nitrogens with zero attached hydrogens (tertiary/aromatic N) is 23. The van der Waals surface area contributed by atoms with Crippen molar-refractivity contribution in [1.29, 1.82) is 0 Å². The molecule has 0 spiro atoms. The molecule has 21 aromatic heterocycles. The van der Waals surface area contributed by atoms with Crippen LogP contribution in [0.4, 0.5) is 17.3 Å². The average molecular weight is 1870 g/mol. The zero-order valence-corrected chi connectivity index (χ0v) is 77.0. The Balaban J connectivity index is 0.000000102. The van der Waals surface area contributed by atoms with Crippen LogP contribution in [0, 0.1) is 32.6 Å². The highest BCUT2D eigenvalue weighted by atomic mass is 16.2. The molecule has 0 bridgehead atoms. The van der Waals surface area contributed by atoms with E-state index in [4.69, 9.17) is 10.7 Å². The van der Waals surface area contributed by atoms with Crippen LogP contribution in [0.5, 0.6) is 0 Å². The predicted octanol–water partition coefficient (Wildman–Crippen LogP) is 19.5. The Kier molecular flexibility index (Phi) is 23.1. The van der Waals surface area contributed by atoms with E-state index in [1.807, 2.05) is 228 Å². The number of H-pyrrole nitrogens is 10. The minimum absolute atomic E-state index is 0.0236. The van der Waals surface area contributed by atoms with E-state index in [1.165, 1.54) is 0 Å². The standard InChI is InChI=1S/C23H18N8.C23H21N7O.C22H19N7O.C19H14N6.C17H12N8/c1-13-6-7-24-10-17(13)15-8-16-20(29-30-22(16)25-9-15)23-27-18-4-3-5-19(21(18)28-23)31-11-14(2)26-12-31;1-13(2)7-20(31)26-16-8-14(10-24-12-16)15-9-17-21(29-30-22(17)25-11-15)23-27-18-5-3-4-6-19(18)28-23;1-12(2)22(30)25-15-7-13(9-23-11-15)14-8-16-19(28-29-20(16)24-10-14)21-26-17-5-3-4-6-18(17)27-21;1-11-6-7-20-10-14(11)12-8-13-17(24-25-18(13)21-9-12)19-22-15-4-2-3-5-16(15)23-19;18-17-19-6-5-11(23-17)9-7-10-14(24-25-15(10)20-8-9)16-21-12-3-1-2-4-13(12)22-16/h3-12H,1-2H3,(H,27,28)(H,25,29,30);3-6,8-13H,7H2,1-2H3,(H,26,31)(H,27,28)(H,25,29,30);3-12H,1-2H3,(H,25,30)(H,26,27)(H,24,28,29);2-10H,1H3,(H,22,23)(H,21,24,25);1-8H,(H,21,22)(H2,18,19,23)(H,20,24,25). The number of nitrogen functional groups attached to an aromatic ring is 1. The number of nitrogens with two attached hydrogens (primary N) is 1. The maximum Gasteiger partial charge on any atom is 0.226 e. The maximum absolute atomic E-state index is 12.1. The summed E-state index contributed by atoms with van der Waals surface area (Å²) in [7, 11) is 0. The van der Waals surface area contributed by atoms with Crippen LogP contribution >= 0.6 is 0 Å². The second-order valence-corrected chi connectivity index (χ2v) is 34.5. The molecule has 26 aromatic rings. The lowest BCUT2D eigenvalue weighted by Gasteiger charge is -2.09. The molecule has 38 heteroatoms. The molecule has 0 atom stereocenters. The molecule has 5 aromatic carbocycles. The number of aromatic nitrogens is 33. The zero-order valence-electron chi connectivity index (χ0n) is 77.0. The number of anilines is 3. The fourth-order valence-corrected chi connectivity index (χ4v) is 16.6. The third-order valence-corrected chi connectivity index (χ3v) is 23.8. The fraction of sp³-hybridized carbons (Fsp3) is 0.0962. The van der Waals surface area contributed by atoms with Crippen LogP contribution in [0.2, 0.25) is 0 Å². The highest BCUT2D eigenvalue weighted by molar-refractivity contribution is 6.01. The number of fused-ring (bicyclic) bond motifs is 10. The van der Waals surface area contributed by atoms with Gasteiger partial charge in [0.15, 0.2) is 57.4 Å². The molecule has 0 aliphatic carbocycles. The van der Waals surface area contributed by atoms with Crippen LogP contribution in [0.3, 0.4) is 0 Å². The van der Waals surface area contributed by atoms with Gasteiger partial charge >= 0.3 is 0 Å². The Morgan fingerprint density at radius 3 is 1.14 bits per heavy atom. The maximum atomic E-state index is 12.1. The van der Waals surface area contributed by atoms with Crippen molar-refractivity contribution in [2.75, 3.05) is 16.4 Å². The van der Waals surface area contributed by atoms with Crippen LogP contribution in [0.15, 0.2) is 275 Å². The number of aryl methyl sites for hydroxylation is 3. The van der Waals surface area contributed by atoms with Gasteiger partial charge in [-0.25, -0.2) is 64.8 Å². The van der Waals surface area contributed by atoms with Crippen LogP contribution in [0.25, 0.3) is 229 Å². The number of pyridine rings is 9. The van der Waals surface area contributed by atoms with Gasteiger partial charge < -0.3 is 45.9 Å². The molecular formula is C104H84N36O2. The van der Waals surface area contributed by atoms with Gasteiger partial charge in [-0.1, -0.05) is 82.3 Å². The second kappa shape index (κ2) is 37.5. The first kappa shape index (κ1) is 87.5. The first-order chi connectivity index (χ1) is 69.4. The van der Waals surface area contributed by atoms with Crippen molar-refractivity contribution in [1.82, 2.24) is 165 Å². The van der Waals surface area contributed by atoms with Crippen molar-refractivity contribution >= 4 is 139 Å². The number of carbonyl (C=O) groups excluding carboxylic acids is 2. The highest BCUT2D eigenvalue weighted by Crippen LogP contribution is 2.38. The van der Waals surface area contributed by atoms with E-state index in [0.717, 1.165) is 189 Å². The van der Waals surface area contributed by atoms with Crippen molar-refractivity contribution < 1.29 is 9.59 Å². The smallest absolute Gasteiger partial charge is 0.226 e. The van der Waals surface area contributed by atoms with Crippen LogP contribution < -0.4 is 16.4 Å². The fourth-order valence-electron chi connectivity index (χ4n) is 16.6. The summed E-state index contributed by atoms with van der Waals surface area (Å²) in [5.41, 5.74) is 36.7. The van der Waals surface area contributed by atoms with Gasteiger partial charge in [0.05, 0.1) is 124 Å². The van der Waals surface area contributed by atoms with Gasteiger partial charge in [-0.15, -0.1) is 0 Å². The number of hydrogen-bond acceptors (Lipinski definition) is 25. The van der Waals surface area contributed by atoms with Crippen molar-refractivity contribution in [3.8, 4) is 119 Å². The highest BCUT2D eigenvalue weighted by Gasteiger charge is 2.24. The number of para-hydroxylation sites is 9. The van der Waals surface area contributed by atoms with E-state index in [1.54, 1.807) is 74.4 Å². The molecule has 0 saturated carbocycles. The monoisotopic (exact) mass is 1870 g/mol. The number of aromatic amines is 10. The number of benzene rings is 5. The summed E-state index contributed by atoms with van der Waals surface area (Å²) in [6, 6.07) is 57.3. The van der Waals surface area contributed by atoms with Gasteiger partial charge in [-0.05, 0) is 159 Å². The van der Waals surface area contributed by atoms with Crippen LogP contribution in [-0.4, -0.2) is 177 Å². The van der Waals surface area contributed by atoms with Gasteiger partial charge in [-0.2, -0.15) is 25.5 Å². The molecule has 692 valence electrons. The molecule has 2 amide bonds. The van der Waals surface area contributed by atoms with Crippen LogP contribution in [0.1, 0.15) is 50.9 Å². The zero-order chi connectivity index (χ0) is 96.6. The molecule has 0 radical (unpaired) electrons. The summed E-state index contributed by atoms with van der Waals surface area (Å²) in [5.74, 6) is 3.92. The summed E-state index contributed by atoms with van der Waals surface area (Å²) in [4.78, 5) is 116. The van der Waals surface area contributed by atoms with Crippen LogP contribution in [-0.2, 0) is 9.59 Å². The Hall–Kier alpha value is -19.8. The SMILES string of the molecule is CC(C)C(=O)Nc1cncc(-c2cnc3n[nH]c(-c4nc5ccccc5[nH]4)c3c2)c1.CC(C)CC(=O)Nc1cncc(-c2cnc3n[nH]c(-c4nc5ccccc5[nH]4)c3c2)c1.Cc1ccncc1-c1cnc2n[nH]c(-c3nc4ccccc4[nH]3)c2c1.Cc1cn(-c2cccc3[nH]c(-c4[nH]nc5ncc(-c6cnccc6C)cc45)nc23)cn1.Nc1nccc(-c2cnc3n[nH]c(-c4nc5ccccc5[nH]4)c3c2)n1. The van der Waals surface area contributed by atoms with E-state index in [2.05, 4.69) is 192 Å². The molecule has 26 rings (SSSR count). The third-order valence-electron chi connectivity index (χ3n) is 23.8. The van der Waals surface area contributed by atoms with Crippen molar-refractivity contribution in [3.63, 3.8) is 0 Å². The largest absolute Gasteiger partial charge is 0.368 e. The topological polar surface area (TPSA) is 531 Å². The molecule has 21 heterocycles. The lowest BCUT2D eigenvalue weighted by molar-refractivity contribution is -0.119. The summed E-state index contributed by atoms with van der Waals surface area (Å²) in [6.07, 6.45) is 28.8. The van der Waals surface area contributed by atoms with E-state index >= 15 is 0 Å². The quantitative estimate of drug-likeness (QED) is 0.0427. The van der Waals surface area contributed by atoms with Crippen molar-refractivity contribution in [2.45, 2.75) is 54.9 Å². The molecule has 0 fully saturated rings. The van der Waals surface area contributed by atoms with E-state index in [9.17, 15) is 9.59 Å². The van der Waals surface area contributed by atoms with E-state index in [-0.39, 0.29) is 23.7 Å². The minimum atomic E-state index is -0.107. The number of rotatable bonds is 16. The molecule has 142 heavy (non-hydrogen) atoms. The Morgan fingerprint density at radius 1 is 0.359 bits per heavy atom. The summed E-state index contributed by atoms with van der Waals surface area (Å²) >= 11 is 0. The number of hydrogen-bond donors (Lipinski definition) is 13. The molecule has 0 aliphatic rings. The van der Waals surface area contributed by atoms with Gasteiger partial charge in [0, 0.05) is 143 Å². The Morgan fingerprint density at radius 2 is 0.739 bits per heavy atom. The first-order valence-corrected chi connectivity index (χ1v) is 45.3. The van der Waals surface area contributed by atoms with Gasteiger partial charge in [0.25, 0.3) is 0 Å². The lowest BCUT2D eigenvalue weighted by Crippen LogP contribution is -2.17. The molecular weight excluding hydrogens is 1790 g/mol. The van der Waals surface area contributed by atoms with Gasteiger partial charge in [-0.3, -0.25) is 55.0 Å². The molecule has 0 aliphatic heterocycles. The Bertz CT molecular complexity index is 9100. The van der Waals surface area contributed by atoms with Crippen molar-refractivity contribution in [2.24, 2.45) is 11.8 Å². The number of carbonyl (C=O) groups is 2. The minimum Gasteiger partial charge on any atom is -0.368 e. The third kappa shape index (κ3) is 17.9. The van der Waals surface area contributed by atoms with Crippen molar-refractivity contribution in [3.05, 3.63) is 292 Å². The molecule has 14 N–H and O–H groups in total. The van der Waals surface area contributed by atoms with E-state index < -0.39 is 0 Å². The summed E-state index contributed by atoms with van der Waals surface area (Å²) in [6.45, 7) is 13.8. The lowest BCUT2D eigenvalue weighted by atomic mass is 10.0. The number of imidazole rings is 6.